The fourth-order valence-electron chi connectivity index (χ4n) is 6.41. The first-order valence-electron chi connectivity index (χ1n) is 16.5. The summed E-state index contributed by atoms with van der Waals surface area (Å²) in [6, 6.07) is 24.6. The van der Waals surface area contributed by atoms with Crippen LogP contribution in [0.5, 0.6) is 11.5 Å². The third kappa shape index (κ3) is 8.09. The van der Waals surface area contributed by atoms with Crippen LogP contribution < -0.4 is 20.1 Å². The maximum atomic E-state index is 12.9. The van der Waals surface area contributed by atoms with Crippen molar-refractivity contribution in [3.8, 4) is 11.5 Å². The summed E-state index contributed by atoms with van der Waals surface area (Å²) < 4.78 is 11.2. The highest BCUT2D eigenvalue weighted by Crippen LogP contribution is 2.35. The van der Waals surface area contributed by atoms with Crippen molar-refractivity contribution in [2.45, 2.75) is 56.7 Å². The molecule has 0 saturated heterocycles. The van der Waals surface area contributed by atoms with Crippen molar-refractivity contribution in [1.29, 1.82) is 0 Å². The van der Waals surface area contributed by atoms with Crippen LogP contribution in [0, 0.1) is 0 Å². The Morgan fingerprint density at radius 1 is 0.692 bits per heavy atom. The summed E-state index contributed by atoms with van der Waals surface area (Å²) in [4.78, 5) is 49.8. The lowest BCUT2D eigenvalue weighted by Gasteiger charge is -2.26. The Kier molecular flexibility index (Phi) is 11.6. The second kappa shape index (κ2) is 15.9. The number of benzene rings is 4. The molecule has 2 aliphatic rings. The summed E-state index contributed by atoms with van der Waals surface area (Å²) in [7, 11) is 0. The largest absolute Gasteiger partial charge is 0.489 e. The van der Waals surface area contributed by atoms with Crippen LogP contribution in [-0.4, -0.2) is 57.8 Å². The first kappa shape index (κ1) is 37.9. The first-order valence-corrected chi connectivity index (χ1v) is 17.3. The van der Waals surface area contributed by atoms with Crippen LogP contribution in [0.2, 0.25) is 10.0 Å². The van der Waals surface area contributed by atoms with E-state index < -0.39 is 34.8 Å². The van der Waals surface area contributed by atoms with E-state index in [1.54, 1.807) is 36.4 Å². The Balaban J connectivity index is 0.000000201. The number of amides is 2. The number of carboxylic acids is 2. The number of ether oxygens (including phenoxy) is 2. The third-order valence-electron chi connectivity index (χ3n) is 8.85. The van der Waals surface area contributed by atoms with Gasteiger partial charge in [-0.15, -0.1) is 0 Å². The minimum Gasteiger partial charge on any atom is -0.489 e. The van der Waals surface area contributed by atoms with E-state index in [4.69, 9.17) is 32.7 Å². The molecule has 0 unspecified atom stereocenters. The molecule has 0 atom stereocenters. The Labute approximate surface area is 311 Å². The van der Waals surface area contributed by atoms with Crippen LogP contribution in [-0.2, 0) is 35.3 Å². The van der Waals surface area contributed by atoms with E-state index in [0.717, 1.165) is 22.3 Å². The number of rotatable bonds is 11. The lowest BCUT2D eigenvalue weighted by molar-refractivity contribution is -0.144. The summed E-state index contributed by atoms with van der Waals surface area (Å²) in [5.74, 6) is -2.71. The number of carbonyl (C=O) groups is 4. The molecule has 0 aromatic heterocycles. The number of hydrogen-bond acceptors (Lipinski definition) is 6. The third-order valence-corrected chi connectivity index (χ3v) is 9.45. The quantitative estimate of drug-likeness (QED) is 0.123. The Hall–Kier alpha value is -5.32. The van der Waals surface area contributed by atoms with Gasteiger partial charge in [-0.2, -0.15) is 0 Å². The van der Waals surface area contributed by atoms with Crippen LogP contribution in [0.3, 0.4) is 0 Å². The van der Waals surface area contributed by atoms with Gasteiger partial charge in [0, 0.05) is 25.7 Å². The smallest absolute Gasteiger partial charge is 0.330 e. The monoisotopic (exact) mass is 744 g/mol. The van der Waals surface area contributed by atoms with E-state index in [-0.39, 0.29) is 66.0 Å². The number of aliphatic carboxylic acids is 2. The summed E-state index contributed by atoms with van der Waals surface area (Å²) >= 11 is 12.3. The number of hydrogen-bond donors (Lipinski definition) is 4. The molecule has 4 aromatic carbocycles. The molecule has 52 heavy (non-hydrogen) atoms. The van der Waals surface area contributed by atoms with Crippen LogP contribution >= 0.6 is 23.2 Å². The highest BCUT2D eigenvalue weighted by Gasteiger charge is 2.47. The molecular formula is C40H38Cl2N2O8. The standard InChI is InChI=1S/C20H20ClNO4.C20H18ClNO4/c1-12(2)26-17-15(8-5-9-16(17)21)18(23)22-20(19(24)25)10-13-6-3-4-7-14(13)11-20;1-2-10-26-17-15(8-5-9-16(17)21)18(23)22-20(19(24)25)11-13-6-3-4-7-14(13)12-20/h3-9,12H,10-11H2,1-2H3,(H,22,23)(H,24,25);2-9H,1,10-12H2,(H,22,23)(H,24,25). The summed E-state index contributed by atoms with van der Waals surface area (Å²) in [6.07, 6.45) is 2.31. The molecule has 0 bridgehead atoms. The minimum absolute atomic E-state index is 0.175. The van der Waals surface area contributed by atoms with Crippen LogP contribution in [0.25, 0.3) is 0 Å². The van der Waals surface area contributed by atoms with E-state index in [0.29, 0.717) is 5.02 Å². The maximum Gasteiger partial charge on any atom is 0.330 e. The zero-order valence-corrected chi connectivity index (χ0v) is 30.1. The van der Waals surface area contributed by atoms with Crippen molar-refractivity contribution in [2.24, 2.45) is 0 Å². The molecule has 0 spiro atoms. The summed E-state index contributed by atoms with van der Waals surface area (Å²) in [5, 5.41) is 25.6. The molecule has 12 heteroatoms. The van der Waals surface area contributed by atoms with Gasteiger partial charge in [0.05, 0.1) is 27.3 Å². The highest BCUT2D eigenvalue weighted by molar-refractivity contribution is 6.33. The van der Waals surface area contributed by atoms with Gasteiger partial charge in [-0.3, -0.25) is 9.59 Å². The van der Waals surface area contributed by atoms with E-state index in [9.17, 15) is 29.4 Å². The molecule has 2 amide bonds. The Bertz CT molecular complexity index is 1980. The SMILES string of the molecule is C=CCOc1c(Cl)cccc1C(=O)NC1(C(=O)O)Cc2ccccc2C1.CC(C)Oc1c(Cl)cccc1C(=O)NC1(C(=O)O)Cc2ccccc2C1. The lowest BCUT2D eigenvalue weighted by atomic mass is 9.95. The van der Waals surface area contributed by atoms with Gasteiger partial charge in [0.15, 0.2) is 11.5 Å². The van der Waals surface area contributed by atoms with Crippen molar-refractivity contribution in [1.82, 2.24) is 10.6 Å². The molecule has 4 aromatic rings. The number of carbonyl (C=O) groups excluding carboxylic acids is 2. The average molecular weight is 746 g/mol. The molecule has 0 radical (unpaired) electrons. The van der Waals surface area contributed by atoms with Crippen LogP contribution in [0.4, 0.5) is 0 Å². The molecule has 0 fully saturated rings. The number of carboxylic acid groups (broad SMARTS) is 2. The highest BCUT2D eigenvalue weighted by atomic mass is 35.5. The van der Waals surface area contributed by atoms with Gasteiger partial charge >= 0.3 is 11.9 Å². The minimum atomic E-state index is -1.39. The van der Waals surface area contributed by atoms with Crippen molar-refractivity contribution < 1.29 is 38.9 Å². The van der Waals surface area contributed by atoms with Crippen LogP contribution in [0.15, 0.2) is 97.6 Å². The van der Waals surface area contributed by atoms with Gasteiger partial charge in [-0.05, 0) is 60.4 Å². The predicted molar refractivity (Wildman–Crippen MR) is 198 cm³/mol. The molecular weight excluding hydrogens is 707 g/mol. The summed E-state index contributed by atoms with van der Waals surface area (Å²) in [5.41, 5.74) is 1.35. The number of fused-ring (bicyclic) bond motifs is 2. The van der Waals surface area contributed by atoms with Gasteiger partial charge in [-0.25, -0.2) is 9.59 Å². The zero-order valence-electron chi connectivity index (χ0n) is 28.6. The van der Waals surface area contributed by atoms with Gasteiger partial charge in [0.2, 0.25) is 0 Å². The summed E-state index contributed by atoms with van der Waals surface area (Å²) in [6.45, 7) is 7.42. The van der Waals surface area contributed by atoms with Gasteiger partial charge < -0.3 is 30.3 Å². The van der Waals surface area contributed by atoms with E-state index in [1.165, 1.54) is 6.08 Å². The van der Waals surface area contributed by atoms with Gasteiger partial charge in [-0.1, -0.05) is 96.5 Å². The van der Waals surface area contributed by atoms with Crippen molar-refractivity contribution >= 4 is 47.0 Å². The molecule has 2 aliphatic carbocycles. The van der Waals surface area contributed by atoms with E-state index in [2.05, 4.69) is 17.2 Å². The predicted octanol–water partition coefficient (Wildman–Crippen LogP) is 6.74. The molecule has 6 rings (SSSR count). The molecule has 270 valence electrons. The molecule has 4 N–H and O–H groups in total. The molecule has 0 heterocycles. The lowest BCUT2D eigenvalue weighted by Crippen LogP contribution is -2.55. The maximum absolute atomic E-state index is 12.9. The Morgan fingerprint density at radius 3 is 1.44 bits per heavy atom. The topological polar surface area (TPSA) is 151 Å². The van der Waals surface area contributed by atoms with Crippen LogP contribution in [0.1, 0.15) is 56.8 Å². The molecule has 0 aliphatic heterocycles. The number of nitrogens with one attached hydrogen (secondary N) is 2. The second-order valence-electron chi connectivity index (χ2n) is 12.9. The fourth-order valence-corrected chi connectivity index (χ4v) is 6.85. The van der Waals surface area contributed by atoms with Gasteiger partial charge in [0.25, 0.3) is 11.8 Å². The fraction of sp³-hybridized carbons (Fsp3) is 0.250. The van der Waals surface area contributed by atoms with Crippen molar-refractivity contribution in [3.63, 3.8) is 0 Å². The van der Waals surface area contributed by atoms with E-state index >= 15 is 0 Å². The number of halogens is 2. The van der Waals surface area contributed by atoms with E-state index in [1.807, 2.05) is 62.4 Å². The Morgan fingerprint density at radius 2 is 1.08 bits per heavy atom. The number of para-hydroxylation sites is 2. The van der Waals surface area contributed by atoms with Crippen molar-refractivity contribution in [2.75, 3.05) is 6.61 Å². The zero-order chi connectivity index (χ0) is 37.6. The average Bonchev–Trinajstić information content (AvgIpc) is 3.68. The molecule has 0 saturated carbocycles. The van der Waals surface area contributed by atoms with Crippen molar-refractivity contribution in [3.05, 3.63) is 141 Å². The normalized spacial score (nSPS) is 14.6. The second-order valence-corrected chi connectivity index (χ2v) is 13.7. The first-order chi connectivity index (χ1) is 24.8. The molecule has 10 nitrogen and oxygen atoms in total. The van der Waals surface area contributed by atoms with Gasteiger partial charge in [0.1, 0.15) is 17.7 Å².